The van der Waals surface area contributed by atoms with Gasteiger partial charge in [-0.05, 0) is 48.7 Å². The first-order valence-corrected chi connectivity index (χ1v) is 8.57. The number of aliphatic hydroxyl groups is 1. The van der Waals surface area contributed by atoms with Gasteiger partial charge in [-0.15, -0.1) is 0 Å². The number of likely N-dealkylation sites (tertiary alicyclic amines) is 1. The van der Waals surface area contributed by atoms with Crippen molar-refractivity contribution in [3.63, 3.8) is 0 Å². The van der Waals surface area contributed by atoms with Crippen molar-refractivity contribution in [3.05, 3.63) is 65.7 Å². The Morgan fingerprint density at radius 3 is 2.62 bits per heavy atom. The Balaban J connectivity index is 1.59. The molecule has 1 aliphatic heterocycles. The number of carbonyl (C=O) groups excluding carboxylic acids is 1. The molecule has 1 amide bonds. The highest BCUT2D eigenvalue weighted by Gasteiger charge is 2.36. The standard InChI is InChI=1S/C20H21F2NO3/c21-16-6-8-17(9-7-16)26-14-20(25)10-3-11-23(13-20)19(24)12-15-4-1-2-5-18(15)22/h1-2,4-9,25H,3,10-14H2. The molecule has 0 aromatic heterocycles. The zero-order chi connectivity index (χ0) is 18.6. The van der Waals surface area contributed by atoms with Crippen molar-refractivity contribution < 1.29 is 23.4 Å². The lowest BCUT2D eigenvalue weighted by atomic mass is 9.93. The minimum absolute atomic E-state index is 0.00209. The number of ether oxygens (including phenoxy) is 1. The van der Waals surface area contributed by atoms with E-state index in [1.165, 1.54) is 30.3 Å². The second-order valence-electron chi connectivity index (χ2n) is 6.65. The van der Waals surface area contributed by atoms with E-state index in [4.69, 9.17) is 4.74 Å². The third-order valence-electron chi connectivity index (χ3n) is 4.53. The molecule has 2 aromatic rings. The molecule has 1 fully saturated rings. The summed E-state index contributed by atoms with van der Waals surface area (Å²) in [6.07, 6.45) is 1.09. The van der Waals surface area contributed by atoms with Crippen molar-refractivity contribution in [2.24, 2.45) is 0 Å². The smallest absolute Gasteiger partial charge is 0.227 e. The fourth-order valence-electron chi connectivity index (χ4n) is 3.11. The van der Waals surface area contributed by atoms with Crippen LogP contribution in [0.15, 0.2) is 48.5 Å². The topological polar surface area (TPSA) is 49.8 Å². The number of hydrogen-bond donors (Lipinski definition) is 1. The van der Waals surface area contributed by atoms with Crippen molar-refractivity contribution in [1.29, 1.82) is 0 Å². The summed E-state index contributed by atoms with van der Waals surface area (Å²) in [6, 6.07) is 11.7. The maximum atomic E-state index is 13.7. The Bertz CT molecular complexity index is 766. The number of carbonyl (C=O) groups is 1. The average molecular weight is 361 g/mol. The number of amides is 1. The predicted octanol–water partition coefficient (Wildman–Crippen LogP) is 2.94. The Kier molecular flexibility index (Phi) is 5.52. The molecule has 6 heteroatoms. The van der Waals surface area contributed by atoms with Crippen LogP contribution in [0.25, 0.3) is 0 Å². The van der Waals surface area contributed by atoms with E-state index in [0.29, 0.717) is 30.7 Å². The Hall–Kier alpha value is -2.47. The number of rotatable bonds is 5. The minimum atomic E-state index is -1.18. The summed E-state index contributed by atoms with van der Waals surface area (Å²) in [4.78, 5) is 14.0. The van der Waals surface area contributed by atoms with Crippen molar-refractivity contribution >= 4 is 5.91 Å². The fraction of sp³-hybridized carbons (Fsp3) is 0.350. The summed E-state index contributed by atoms with van der Waals surface area (Å²) >= 11 is 0. The van der Waals surface area contributed by atoms with E-state index in [1.54, 1.807) is 23.1 Å². The number of benzene rings is 2. The van der Waals surface area contributed by atoms with E-state index in [2.05, 4.69) is 0 Å². The SMILES string of the molecule is O=C(Cc1ccccc1F)N1CCCC(O)(COc2ccc(F)cc2)C1. The van der Waals surface area contributed by atoms with Gasteiger partial charge >= 0.3 is 0 Å². The lowest BCUT2D eigenvalue weighted by Gasteiger charge is -2.39. The Labute approximate surface area is 151 Å². The summed E-state index contributed by atoms with van der Waals surface area (Å²) < 4.78 is 32.2. The number of nitrogens with zero attached hydrogens (tertiary/aromatic N) is 1. The third-order valence-corrected chi connectivity index (χ3v) is 4.53. The highest BCUT2D eigenvalue weighted by Crippen LogP contribution is 2.24. The van der Waals surface area contributed by atoms with Crippen LogP contribution in [-0.4, -0.2) is 41.2 Å². The molecule has 138 valence electrons. The lowest BCUT2D eigenvalue weighted by molar-refractivity contribution is -0.139. The molecule has 1 N–H and O–H groups in total. The van der Waals surface area contributed by atoms with Crippen molar-refractivity contribution in [1.82, 2.24) is 4.90 Å². The molecular weight excluding hydrogens is 340 g/mol. The normalized spacial score (nSPS) is 20.0. The molecule has 1 saturated heterocycles. The van der Waals surface area contributed by atoms with Gasteiger partial charge in [0.1, 0.15) is 29.6 Å². The highest BCUT2D eigenvalue weighted by molar-refractivity contribution is 5.79. The van der Waals surface area contributed by atoms with Crippen molar-refractivity contribution in [3.8, 4) is 5.75 Å². The first-order valence-electron chi connectivity index (χ1n) is 8.57. The molecule has 0 bridgehead atoms. The zero-order valence-electron chi connectivity index (χ0n) is 14.3. The van der Waals surface area contributed by atoms with Crippen molar-refractivity contribution in [2.75, 3.05) is 19.7 Å². The number of piperidine rings is 1. The number of β-amino-alcohol motifs (C(OH)–C–C–N with tert-alkyl or cyclic N) is 1. The van der Waals surface area contributed by atoms with Crippen LogP contribution < -0.4 is 4.74 Å². The number of hydrogen-bond acceptors (Lipinski definition) is 3. The molecular formula is C20H21F2NO3. The third kappa shape index (κ3) is 4.58. The van der Waals surface area contributed by atoms with Crippen LogP contribution in [0.2, 0.25) is 0 Å². The quantitative estimate of drug-likeness (QED) is 0.891. The monoisotopic (exact) mass is 361 g/mol. The maximum Gasteiger partial charge on any atom is 0.227 e. The molecule has 1 heterocycles. The predicted molar refractivity (Wildman–Crippen MR) is 92.8 cm³/mol. The van der Waals surface area contributed by atoms with Crippen LogP contribution in [0.4, 0.5) is 8.78 Å². The Morgan fingerprint density at radius 2 is 1.88 bits per heavy atom. The summed E-state index contributed by atoms with van der Waals surface area (Å²) in [5, 5.41) is 10.8. The molecule has 1 aliphatic rings. The first-order chi connectivity index (χ1) is 12.5. The van der Waals surface area contributed by atoms with Gasteiger partial charge in [-0.3, -0.25) is 4.79 Å². The van der Waals surface area contributed by atoms with E-state index in [9.17, 15) is 18.7 Å². The van der Waals surface area contributed by atoms with Crippen LogP contribution in [0.5, 0.6) is 5.75 Å². The first kappa shape index (κ1) is 18.3. The van der Waals surface area contributed by atoms with Gasteiger partial charge in [0.25, 0.3) is 0 Å². The summed E-state index contributed by atoms with van der Waals surface area (Å²) in [6.45, 7) is 0.649. The van der Waals surface area contributed by atoms with E-state index in [0.717, 1.165) is 0 Å². The molecule has 26 heavy (non-hydrogen) atoms. The summed E-state index contributed by atoms with van der Waals surface area (Å²) in [5.74, 6) is -0.545. The second-order valence-corrected chi connectivity index (χ2v) is 6.65. The van der Waals surface area contributed by atoms with Gasteiger partial charge in [-0.2, -0.15) is 0 Å². The van der Waals surface area contributed by atoms with Gasteiger partial charge in [0.15, 0.2) is 0 Å². The lowest BCUT2D eigenvalue weighted by Crippen LogP contribution is -2.53. The maximum absolute atomic E-state index is 13.7. The van der Waals surface area contributed by atoms with Crippen LogP contribution in [0.1, 0.15) is 18.4 Å². The second kappa shape index (κ2) is 7.83. The summed E-state index contributed by atoms with van der Waals surface area (Å²) in [7, 11) is 0. The van der Waals surface area contributed by atoms with Gasteiger partial charge in [0.05, 0.1) is 13.0 Å². The highest BCUT2D eigenvalue weighted by atomic mass is 19.1. The molecule has 0 aliphatic carbocycles. The zero-order valence-corrected chi connectivity index (χ0v) is 14.3. The Morgan fingerprint density at radius 1 is 1.15 bits per heavy atom. The summed E-state index contributed by atoms with van der Waals surface area (Å²) in [5.41, 5.74) is -0.841. The molecule has 2 aromatic carbocycles. The largest absolute Gasteiger partial charge is 0.491 e. The molecule has 0 saturated carbocycles. The molecule has 0 spiro atoms. The van der Waals surface area contributed by atoms with Gasteiger partial charge in [0, 0.05) is 6.54 Å². The van der Waals surface area contributed by atoms with E-state index < -0.39 is 11.4 Å². The van der Waals surface area contributed by atoms with E-state index in [1.807, 2.05) is 0 Å². The van der Waals surface area contributed by atoms with Crippen LogP contribution in [-0.2, 0) is 11.2 Å². The van der Waals surface area contributed by atoms with Gasteiger partial charge in [0.2, 0.25) is 5.91 Å². The van der Waals surface area contributed by atoms with Crippen LogP contribution in [0.3, 0.4) is 0 Å². The van der Waals surface area contributed by atoms with Crippen LogP contribution >= 0.6 is 0 Å². The van der Waals surface area contributed by atoms with E-state index in [-0.39, 0.29) is 31.3 Å². The van der Waals surface area contributed by atoms with Crippen LogP contribution in [0, 0.1) is 11.6 Å². The minimum Gasteiger partial charge on any atom is -0.491 e. The average Bonchev–Trinajstić information content (AvgIpc) is 2.63. The molecule has 4 nitrogen and oxygen atoms in total. The fourth-order valence-corrected chi connectivity index (χ4v) is 3.11. The molecule has 1 atom stereocenters. The molecule has 0 radical (unpaired) electrons. The molecule has 1 unspecified atom stereocenters. The van der Waals surface area contributed by atoms with Crippen molar-refractivity contribution in [2.45, 2.75) is 24.9 Å². The van der Waals surface area contributed by atoms with E-state index >= 15 is 0 Å². The molecule has 3 rings (SSSR count). The van der Waals surface area contributed by atoms with Gasteiger partial charge in [-0.1, -0.05) is 18.2 Å². The van der Waals surface area contributed by atoms with Gasteiger partial charge in [-0.25, -0.2) is 8.78 Å². The number of halogens is 2. The van der Waals surface area contributed by atoms with Gasteiger partial charge < -0.3 is 14.7 Å².